The number of carbonyl (C=O) groups is 2. The highest BCUT2D eigenvalue weighted by Gasteiger charge is 2.23. The smallest absolute Gasteiger partial charge is 0.407 e. The van der Waals surface area contributed by atoms with Crippen molar-refractivity contribution in [1.29, 1.82) is 0 Å². The van der Waals surface area contributed by atoms with E-state index in [2.05, 4.69) is 33.0 Å². The number of alkyl carbamates (subject to hydrolysis) is 1. The lowest BCUT2D eigenvalue weighted by molar-refractivity contribution is -0.00142. The highest BCUT2D eigenvalue weighted by molar-refractivity contribution is 7.90. The number of benzene rings is 2. The highest BCUT2D eigenvalue weighted by atomic mass is 32.2. The Labute approximate surface area is 344 Å². The molecule has 0 saturated carbocycles. The summed E-state index contributed by atoms with van der Waals surface area (Å²) in [5.41, 5.74) is 2.90. The van der Waals surface area contributed by atoms with E-state index >= 15 is 0 Å². The molecular formula is C41H54N8O9S. The van der Waals surface area contributed by atoms with Crippen LogP contribution in [-0.2, 0) is 40.3 Å². The van der Waals surface area contributed by atoms with Crippen LogP contribution in [0.1, 0.15) is 50.0 Å². The highest BCUT2D eigenvalue weighted by Crippen LogP contribution is 2.31. The van der Waals surface area contributed by atoms with Gasteiger partial charge in [0.1, 0.15) is 5.60 Å². The molecule has 0 aliphatic heterocycles. The molecule has 3 aromatic heterocycles. The van der Waals surface area contributed by atoms with Gasteiger partial charge in [-0.2, -0.15) is 10.1 Å². The Morgan fingerprint density at radius 3 is 2.00 bits per heavy atom. The van der Waals surface area contributed by atoms with Gasteiger partial charge in [0, 0.05) is 54.2 Å². The fraction of sp³-hybridized carbons (Fsp3) is 0.439. The van der Waals surface area contributed by atoms with Crippen LogP contribution in [0.15, 0.2) is 78.1 Å². The minimum atomic E-state index is -3.97. The first-order valence-electron chi connectivity index (χ1n) is 19.5. The molecule has 318 valence electrons. The Hall–Kier alpha value is -5.40. The number of fused-ring (bicyclic) bond motifs is 1. The lowest BCUT2D eigenvalue weighted by Gasteiger charge is -2.19. The van der Waals surface area contributed by atoms with Gasteiger partial charge in [-0.05, 0) is 76.6 Å². The van der Waals surface area contributed by atoms with E-state index in [-0.39, 0.29) is 22.4 Å². The van der Waals surface area contributed by atoms with E-state index in [0.717, 1.165) is 24.1 Å². The predicted octanol–water partition coefficient (Wildman–Crippen LogP) is 5.31. The second-order valence-corrected chi connectivity index (χ2v) is 16.2. The van der Waals surface area contributed by atoms with Crippen LogP contribution in [0.4, 0.5) is 16.4 Å². The molecule has 17 nitrogen and oxygen atoms in total. The number of amides is 2. The number of aromatic nitrogens is 5. The fourth-order valence-corrected chi connectivity index (χ4v) is 6.89. The van der Waals surface area contributed by atoms with Crippen LogP contribution in [-0.4, -0.2) is 116 Å². The largest absolute Gasteiger partial charge is 0.444 e. The zero-order valence-corrected chi connectivity index (χ0v) is 35.0. The number of nitrogens with zero attached hydrogens (tertiary/aromatic N) is 5. The van der Waals surface area contributed by atoms with Gasteiger partial charge in [-0.15, -0.1) is 0 Å². The summed E-state index contributed by atoms with van der Waals surface area (Å²) in [6, 6.07) is 15.1. The molecule has 0 fully saturated rings. The van der Waals surface area contributed by atoms with Crippen LogP contribution in [0.3, 0.4) is 0 Å². The van der Waals surface area contributed by atoms with Crippen molar-refractivity contribution in [2.75, 3.05) is 71.3 Å². The summed E-state index contributed by atoms with van der Waals surface area (Å²) >= 11 is 0. The number of hydrogen-bond acceptors (Lipinski definition) is 13. The van der Waals surface area contributed by atoms with E-state index in [1.54, 1.807) is 81.6 Å². The van der Waals surface area contributed by atoms with Crippen LogP contribution < -0.4 is 16.0 Å². The molecule has 59 heavy (non-hydrogen) atoms. The molecule has 5 aromatic rings. The van der Waals surface area contributed by atoms with Crippen molar-refractivity contribution in [1.82, 2.24) is 34.4 Å². The third-order valence-electron chi connectivity index (χ3n) is 8.41. The van der Waals surface area contributed by atoms with Crippen molar-refractivity contribution in [2.24, 2.45) is 0 Å². The summed E-state index contributed by atoms with van der Waals surface area (Å²) in [4.78, 5) is 34.0. The second-order valence-electron chi connectivity index (χ2n) is 14.4. The van der Waals surface area contributed by atoms with Crippen molar-refractivity contribution in [2.45, 2.75) is 58.1 Å². The number of nitrogens with one attached hydrogen (secondary N) is 3. The van der Waals surface area contributed by atoms with Gasteiger partial charge >= 0.3 is 6.09 Å². The van der Waals surface area contributed by atoms with E-state index in [0.29, 0.717) is 88.3 Å². The lowest BCUT2D eigenvalue weighted by atomic mass is 10.2. The van der Waals surface area contributed by atoms with Gasteiger partial charge in [-0.3, -0.25) is 9.48 Å². The zero-order chi connectivity index (χ0) is 42.3. The molecule has 0 unspecified atom stereocenters. The first-order chi connectivity index (χ1) is 28.3. The van der Waals surface area contributed by atoms with Gasteiger partial charge < -0.3 is 39.6 Å². The van der Waals surface area contributed by atoms with Crippen molar-refractivity contribution in [3.63, 3.8) is 0 Å². The number of aryl methyl sites for hydroxylation is 2. The van der Waals surface area contributed by atoms with Gasteiger partial charge in [0.2, 0.25) is 5.95 Å². The Kier molecular flexibility index (Phi) is 16.3. The Bertz CT molecular complexity index is 2220. The number of hydrogen-bond donors (Lipinski definition) is 3. The van der Waals surface area contributed by atoms with E-state index < -0.39 is 21.7 Å². The van der Waals surface area contributed by atoms with Gasteiger partial charge in [0.15, 0.2) is 5.65 Å². The number of rotatable bonds is 23. The number of anilines is 2. The molecule has 2 aromatic carbocycles. The van der Waals surface area contributed by atoms with Crippen LogP contribution >= 0.6 is 0 Å². The summed E-state index contributed by atoms with van der Waals surface area (Å²) in [6.07, 6.45) is 5.49. The second kappa shape index (κ2) is 21.6. The normalized spacial score (nSPS) is 11.8. The van der Waals surface area contributed by atoms with Crippen molar-refractivity contribution < 1.29 is 41.7 Å². The van der Waals surface area contributed by atoms with E-state index in [1.165, 1.54) is 10.2 Å². The molecule has 0 bridgehead atoms. The summed E-state index contributed by atoms with van der Waals surface area (Å²) in [6.45, 7) is 13.8. The molecule has 0 saturated heterocycles. The van der Waals surface area contributed by atoms with Gasteiger partial charge in [-0.25, -0.2) is 22.2 Å². The average molecular weight is 835 g/mol. The molecule has 3 N–H and O–H groups in total. The number of carbonyl (C=O) groups excluding carboxylic acids is 2. The van der Waals surface area contributed by atoms with E-state index in [1.807, 2.05) is 17.8 Å². The molecular weight excluding hydrogens is 781 g/mol. The maximum Gasteiger partial charge on any atom is 0.407 e. The first kappa shape index (κ1) is 44.7. The zero-order valence-electron chi connectivity index (χ0n) is 34.2. The Morgan fingerprint density at radius 1 is 0.780 bits per heavy atom. The third kappa shape index (κ3) is 13.6. The van der Waals surface area contributed by atoms with Crippen molar-refractivity contribution >= 4 is 44.7 Å². The van der Waals surface area contributed by atoms with Crippen LogP contribution in [0.5, 0.6) is 0 Å². The summed E-state index contributed by atoms with van der Waals surface area (Å²) in [7, 11) is -3.97. The summed E-state index contributed by atoms with van der Waals surface area (Å²) < 4.78 is 57.7. The third-order valence-corrected chi connectivity index (χ3v) is 10.1. The molecule has 0 aliphatic rings. The molecule has 5 rings (SSSR count). The van der Waals surface area contributed by atoms with Crippen LogP contribution in [0, 0.1) is 6.92 Å². The van der Waals surface area contributed by atoms with Crippen LogP contribution in [0.2, 0.25) is 0 Å². The molecule has 0 aliphatic carbocycles. The maximum absolute atomic E-state index is 13.8. The quantitative estimate of drug-likeness (QED) is 0.0716. The molecule has 18 heteroatoms. The van der Waals surface area contributed by atoms with Crippen molar-refractivity contribution in [3.05, 3.63) is 84.3 Å². The minimum absolute atomic E-state index is 0.141. The average Bonchev–Trinajstić information content (AvgIpc) is 3.85. The summed E-state index contributed by atoms with van der Waals surface area (Å²) in [5.74, 6) is -0.0894. The SMILES string of the molecule is CCCn1cc(-c2nc(Nc3ccc(C(=O)NCCOCCOCCOCCOCCNC(=O)OC(C)(C)C)cc3)nc3c2ccn3S(=O)(=O)c2ccc(C)cc2)cn1. The minimum Gasteiger partial charge on any atom is -0.444 e. The summed E-state index contributed by atoms with van der Waals surface area (Å²) in [5, 5.41) is 13.7. The predicted molar refractivity (Wildman–Crippen MR) is 222 cm³/mol. The molecule has 3 heterocycles. The van der Waals surface area contributed by atoms with E-state index in [4.69, 9.17) is 28.7 Å². The monoisotopic (exact) mass is 834 g/mol. The van der Waals surface area contributed by atoms with Crippen molar-refractivity contribution in [3.8, 4) is 11.3 Å². The first-order valence-corrected chi connectivity index (χ1v) is 21.0. The van der Waals surface area contributed by atoms with Gasteiger partial charge in [0.25, 0.3) is 15.9 Å². The van der Waals surface area contributed by atoms with Gasteiger partial charge in [-0.1, -0.05) is 24.6 Å². The maximum atomic E-state index is 13.8. The molecule has 0 atom stereocenters. The molecule has 0 spiro atoms. The standard InChI is InChI=1S/C41H54N8O9S/c1-6-18-48-29-32(28-44-48)36-35-15-19-49(59(52,53)34-13-7-30(2)8-14-34)37(35)47-39(46-36)45-33-11-9-31(10-12-33)38(50)42-16-20-54-22-24-56-26-27-57-25-23-55-21-17-43-40(51)58-41(3,4)5/h7-15,19,28-29H,6,16-18,20-27H2,1-5H3,(H,42,50)(H,43,51)(H,45,46,47). The topological polar surface area (TPSA) is 199 Å². The van der Waals surface area contributed by atoms with Gasteiger partial charge in [0.05, 0.1) is 69.6 Å². The Balaban J connectivity index is 1.05. The molecule has 0 radical (unpaired) electrons. The lowest BCUT2D eigenvalue weighted by Crippen LogP contribution is -2.34. The molecule has 2 amide bonds. The Morgan fingerprint density at radius 2 is 1.39 bits per heavy atom. The number of ether oxygens (including phenoxy) is 5. The van der Waals surface area contributed by atoms with Crippen LogP contribution in [0.25, 0.3) is 22.3 Å². The van der Waals surface area contributed by atoms with E-state index in [9.17, 15) is 18.0 Å². The fourth-order valence-electron chi connectivity index (χ4n) is 5.60.